The summed E-state index contributed by atoms with van der Waals surface area (Å²) in [5, 5.41) is 7.05. The van der Waals surface area contributed by atoms with Crippen LogP contribution in [0.3, 0.4) is 0 Å². The van der Waals surface area contributed by atoms with Crippen molar-refractivity contribution < 1.29 is 9.53 Å². The van der Waals surface area contributed by atoms with E-state index in [1.54, 1.807) is 7.11 Å². The highest BCUT2D eigenvalue weighted by Gasteiger charge is 2.25. The molecule has 1 amide bonds. The average molecular weight is 347 g/mol. The zero-order chi connectivity index (χ0) is 15.2. The molecular weight excluding hydrogens is 323 g/mol. The van der Waals surface area contributed by atoms with E-state index in [9.17, 15) is 4.79 Å². The molecule has 0 aliphatic carbocycles. The minimum absolute atomic E-state index is 0. The molecule has 124 valence electrons. The molecule has 2 unspecified atom stereocenters. The Bertz CT molecular complexity index is 462. The third-order valence-electron chi connectivity index (χ3n) is 3.99. The van der Waals surface area contributed by atoms with Crippen molar-refractivity contribution in [2.45, 2.75) is 31.9 Å². The van der Waals surface area contributed by atoms with E-state index in [1.165, 1.54) is 0 Å². The van der Waals surface area contributed by atoms with Gasteiger partial charge in [0.1, 0.15) is 6.10 Å². The summed E-state index contributed by atoms with van der Waals surface area (Å²) in [6, 6.07) is 7.46. The van der Waals surface area contributed by atoms with Crippen molar-refractivity contribution in [2.75, 3.05) is 20.2 Å². The first-order valence-corrected chi connectivity index (χ1v) is 7.79. The number of methoxy groups -OCH3 is 1. The van der Waals surface area contributed by atoms with E-state index in [-0.39, 0.29) is 36.4 Å². The number of carbonyl (C=O) groups excluding carboxylic acids is 1. The third kappa shape index (κ3) is 5.13. The molecule has 4 nitrogen and oxygen atoms in total. The summed E-state index contributed by atoms with van der Waals surface area (Å²) in [6.07, 6.45) is 1.63. The van der Waals surface area contributed by atoms with Gasteiger partial charge in [-0.1, -0.05) is 23.7 Å². The fourth-order valence-corrected chi connectivity index (χ4v) is 2.91. The maximum absolute atomic E-state index is 12.3. The Morgan fingerprint density at radius 3 is 2.45 bits per heavy atom. The Morgan fingerprint density at radius 2 is 1.91 bits per heavy atom. The molecule has 0 saturated carbocycles. The molecule has 2 N–H and O–H groups in total. The van der Waals surface area contributed by atoms with Crippen molar-refractivity contribution in [2.24, 2.45) is 5.92 Å². The predicted octanol–water partition coefficient (Wildman–Crippen LogP) is 2.95. The first-order chi connectivity index (χ1) is 10.1. The zero-order valence-corrected chi connectivity index (χ0v) is 14.5. The van der Waals surface area contributed by atoms with Crippen LogP contribution in [-0.4, -0.2) is 32.1 Å². The molecule has 1 heterocycles. The molecule has 1 aromatic rings. The molecule has 0 spiro atoms. The zero-order valence-electron chi connectivity index (χ0n) is 13.0. The summed E-state index contributed by atoms with van der Waals surface area (Å²) >= 11 is 5.91. The van der Waals surface area contributed by atoms with Gasteiger partial charge in [0.15, 0.2) is 0 Å². The van der Waals surface area contributed by atoms with E-state index >= 15 is 0 Å². The van der Waals surface area contributed by atoms with Gasteiger partial charge in [-0.2, -0.15) is 0 Å². The van der Waals surface area contributed by atoms with Crippen LogP contribution < -0.4 is 10.6 Å². The lowest BCUT2D eigenvalue weighted by Gasteiger charge is -2.28. The third-order valence-corrected chi connectivity index (χ3v) is 4.24. The number of hydrogen-bond donors (Lipinski definition) is 2. The van der Waals surface area contributed by atoms with Gasteiger partial charge in [-0.15, -0.1) is 12.4 Å². The monoisotopic (exact) mass is 346 g/mol. The van der Waals surface area contributed by atoms with Gasteiger partial charge >= 0.3 is 0 Å². The highest BCUT2D eigenvalue weighted by atomic mass is 35.5. The average Bonchev–Trinajstić information content (AvgIpc) is 2.50. The minimum atomic E-state index is -0.173. The quantitative estimate of drug-likeness (QED) is 0.861. The van der Waals surface area contributed by atoms with Gasteiger partial charge in [0.25, 0.3) is 0 Å². The van der Waals surface area contributed by atoms with E-state index in [1.807, 2.05) is 31.2 Å². The Kier molecular flexibility index (Phi) is 8.18. The Balaban J connectivity index is 0.00000242. The number of carbonyl (C=O) groups is 1. The van der Waals surface area contributed by atoms with Crippen LogP contribution >= 0.6 is 24.0 Å². The van der Waals surface area contributed by atoms with E-state index in [4.69, 9.17) is 16.3 Å². The normalized spacial score (nSPS) is 18.1. The van der Waals surface area contributed by atoms with Crippen molar-refractivity contribution in [1.82, 2.24) is 10.6 Å². The first-order valence-electron chi connectivity index (χ1n) is 7.41. The van der Waals surface area contributed by atoms with Crippen LogP contribution in [0.4, 0.5) is 0 Å². The minimum Gasteiger partial charge on any atom is -0.375 e. The molecular formula is C16H24Cl2N2O2. The van der Waals surface area contributed by atoms with Gasteiger partial charge in [0.05, 0.1) is 6.04 Å². The molecule has 2 rings (SSSR count). The Labute approximate surface area is 143 Å². The highest BCUT2D eigenvalue weighted by molar-refractivity contribution is 6.30. The molecule has 1 aromatic carbocycles. The number of hydrogen-bond acceptors (Lipinski definition) is 3. The summed E-state index contributed by atoms with van der Waals surface area (Å²) in [7, 11) is 1.66. The summed E-state index contributed by atoms with van der Waals surface area (Å²) in [5.74, 6) is 0.233. The second-order valence-electron chi connectivity index (χ2n) is 5.53. The van der Waals surface area contributed by atoms with Gasteiger partial charge < -0.3 is 15.4 Å². The topological polar surface area (TPSA) is 50.4 Å². The SMILES string of the molecule is COC(c1ccc(Cl)cc1)C(C)NC(=O)C1CCNCC1.Cl. The lowest BCUT2D eigenvalue weighted by atomic mass is 9.96. The molecule has 22 heavy (non-hydrogen) atoms. The molecule has 0 bridgehead atoms. The molecule has 1 aliphatic heterocycles. The van der Waals surface area contributed by atoms with Gasteiger partial charge in [-0.3, -0.25) is 4.79 Å². The van der Waals surface area contributed by atoms with E-state index in [0.29, 0.717) is 5.02 Å². The van der Waals surface area contributed by atoms with Crippen LogP contribution in [0.5, 0.6) is 0 Å². The lowest BCUT2D eigenvalue weighted by molar-refractivity contribution is -0.127. The Hall–Kier alpha value is -0.810. The summed E-state index contributed by atoms with van der Waals surface area (Å²) in [4.78, 5) is 12.3. The molecule has 1 fully saturated rings. The second kappa shape index (κ2) is 9.36. The fourth-order valence-electron chi connectivity index (χ4n) is 2.78. The summed E-state index contributed by atoms with van der Waals surface area (Å²) in [5.41, 5.74) is 1.01. The van der Waals surface area contributed by atoms with Gasteiger partial charge in [-0.05, 0) is 50.6 Å². The van der Waals surface area contributed by atoms with Crippen LogP contribution in [0.25, 0.3) is 0 Å². The standard InChI is InChI=1S/C16H23ClN2O2.ClH/c1-11(19-16(20)13-7-9-18-10-8-13)15(21-2)12-3-5-14(17)6-4-12;/h3-6,11,13,15,18H,7-10H2,1-2H3,(H,19,20);1H. The number of benzene rings is 1. The van der Waals surface area contributed by atoms with Crippen LogP contribution in [0.15, 0.2) is 24.3 Å². The Morgan fingerprint density at radius 1 is 1.32 bits per heavy atom. The van der Waals surface area contributed by atoms with E-state index in [0.717, 1.165) is 31.5 Å². The number of amides is 1. The highest BCUT2D eigenvalue weighted by Crippen LogP contribution is 2.23. The van der Waals surface area contributed by atoms with Crippen molar-refractivity contribution >= 4 is 29.9 Å². The number of ether oxygens (including phenoxy) is 1. The number of piperidine rings is 1. The first kappa shape index (κ1) is 19.2. The van der Waals surface area contributed by atoms with Crippen molar-refractivity contribution in [3.05, 3.63) is 34.9 Å². The van der Waals surface area contributed by atoms with Crippen molar-refractivity contribution in [3.8, 4) is 0 Å². The van der Waals surface area contributed by atoms with Crippen molar-refractivity contribution in [3.63, 3.8) is 0 Å². The number of rotatable bonds is 5. The van der Waals surface area contributed by atoms with Crippen LogP contribution in [0.1, 0.15) is 31.4 Å². The van der Waals surface area contributed by atoms with Crippen LogP contribution in [0.2, 0.25) is 5.02 Å². The van der Waals surface area contributed by atoms with Crippen LogP contribution in [0, 0.1) is 5.92 Å². The maximum atomic E-state index is 12.3. The molecule has 0 aromatic heterocycles. The maximum Gasteiger partial charge on any atom is 0.223 e. The summed E-state index contributed by atoms with van der Waals surface area (Å²) < 4.78 is 5.56. The van der Waals surface area contributed by atoms with Gasteiger partial charge in [0, 0.05) is 18.1 Å². The fraction of sp³-hybridized carbons (Fsp3) is 0.562. The number of halogens is 2. The van der Waals surface area contributed by atoms with E-state index < -0.39 is 0 Å². The predicted molar refractivity (Wildman–Crippen MR) is 91.6 cm³/mol. The molecule has 1 saturated heterocycles. The van der Waals surface area contributed by atoms with Crippen LogP contribution in [-0.2, 0) is 9.53 Å². The lowest BCUT2D eigenvalue weighted by Crippen LogP contribution is -2.44. The molecule has 6 heteroatoms. The number of nitrogens with one attached hydrogen (secondary N) is 2. The second-order valence-corrected chi connectivity index (χ2v) is 5.97. The smallest absolute Gasteiger partial charge is 0.223 e. The summed E-state index contributed by atoms with van der Waals surface area (Å²) in [6.45, 7) is 3.80. The molecule has 2 atom stereocenters. The largest absolute Gasteiger partial charge is 0.375 e. The molecule has 0 radical (unpaired) electrons. The van der Waals surface area contributed by atoms with Crippen molar-refractivity contribution in [1.29, 1.82) is 0 Å². The van der Waals surface area contributed by atoms with Gasteiger partial charge in [0.2, 0.25) is 5.91 Å². The van der Waals surface area contributed by atoms with Gasteiger partial charge in [-0.25, -0.2) is 0 Å². The molecule has 1 aliphatic rings. The van der Waals surface area contributed by atoms with E-state index in [2.05, 4.69) is 10.6 Å².